The molecule has 0 aliphatic carbocycles. The second kappa shape index (κ2) is 20.3. The third kappa shape index (κ3) is 11.5. The van der Waals surface area contributed by atoms with Crippen LogP contribution in [0.25, 0.3) is 22.5 Å². The van der Waals surface area contributed by atoms with E-state index < -0.39 is 40.8 Å². The third-order valence-corrected chi connectivity index (χ3v) is 9.01. The van der Waals surface area contributed by atoms with E-state index in [1.807, 2.05) is 78.9 Å². The monoisotopic (exact) mass is 789 g/mol. The van der Waals surface area contributed by atoms with Gasteiger partial charge in [0.15, 0.2) is 11.0 Å². The van der Waals surface area contributed by atoms with Gasteiger partial charge in [0.05, 0.1) is 6.61 Å². The summed E-state index contributed by atoms with van der Waals surface area (Å²) in [6.07, 6.45) is 1.78. The van der Waals surface area contributed by atoms with E-state index in [2.05, 4.69) is 47.5 Å². The van der Waals surface area contributed by atoms with Gasteiger partial charge in [-0.2, -0.15) is 0 Å². The Morgan fingerprint density at radius 3 is 2.34 bits per heavy atom. The van der Waals surface area contributed by atoms with Crippen molar-refractivity contribution in [1.29, 1.82) is 0 Å². The van der Waals surface area contributed by atoms with Crippen molar-refractivity contribution < 1.29 is 34.2 Å². The number of tetrazole rings is 1. The molecule has 2 atom stereocenters. The van der Waals surface area contributed by atoms with Gasteiger partial charge < -0.3 is 24.3 Å². The normalized spacial score (nSPS) is 12.0. The fourth-order valence-corrected chi connectivity index (χ4v) is 6.30. The number of nitrogens with zero attached hydrogens (tertiary/aromatic N) is 7. The molecule has 5 aromatic rings. The topological polar surface area (TPSA) is 232 Å². The number of hydrogen-bond acceptors (Lipinski definition) is 13. The zero-order valence-corrected chi connectivity index (χ0v) is 31.2. The number of imidazole rings is 1. The van der Waals surface area contributed by atoms with Gasteiger partial charge in [0.2, 0.25) is 0 Å². The van der Waals surface area contributed by atoms with Crippen molar-refractivity contribution >= 4 is 23.5 Å². The summed E-state index contributed by atoms with van der Waals surface area (Å²) >= 11 is 6.67. The lowest BCUT2D eigenvalue weighted by molar-refractivity contribution is -0.790. The summed E-state index contributed by atoms with van der Waals surface area (Å²) in [4.78, 5) is 62.1. The number of nitrogens with one attached hydrogen (secondary N) is 2. The van der Waals surface area contributed by atoms with Gasteiger partial charge in [-0.25, -0.2) is 14.9 Å². The van der Waals surface area contributed by atoms with Crippen LogP contribution in [-0.4, -0.2) is 77.6 Å². The van der Waals surface area contributed by atoms with Crippen molar-refractivity contribution in [3.05, 3.63) is 127 Å². The Bertz CT molecular complexity index is 2060. The van der Waals surface area contributed by atoms with Crippen molar-refractivity contribution in [3.63, 3.8) is 0 Å². The van der Waals surface area contributed by atoms with Crippen LogP contribution in [0.2, 0.25) is 5.15 Å². The lowest BCUT2D eigenvalue weighted by Crippen LogP contribution is -2.44. The molecule has 2 heterocycles. The highest BCUT2D eigenvalue weighted by atomic mass is 35.5. The lowest BCUT2D eigenvalue weighted by atomic mass is 9.98. The molecule has 0 fully saturated rings. The van der Waals surface area contributed by atoms with Crippen LogP contribution in [0.5, 0.6) is 0 Å². The first kappa shape index (κ1) is 40.7. The minimum absolute atomic E-state index is 0.000739. The molecule has 5 rings (SSSR count). The molecule has 294 valence electrons. The number of amides is 1. The first-order valence-electron chi connectivity index (χ1n) is 17.9. The highest BCUT2D eigenvalue weighted by molar-refractivity contribution is 6.32. The van der Waals surface area contributed by atoms with Gasteiger partial charge in [-0.15, -0.1) is 25.3 Å². The fourth-order valence-electron chi connectivity index (χ4n) is 6.02. The molecule has 0 spiro atoms. The van der Waals surface area contributed by atoms with Crippen molar-refractivity contribution in [3.8, 4) is 22.5 Å². The summed E-state index contributed by atoms with van der Waals surface area (Å²) in [5, 5.41) is 36.3. The summed E-state index contributed by atoms with van der Waals surface area (Å²) < 4.78 is 7.30. The largest absolute Gasteiger partial charge is 0.464 e. The number of aryl methyl sites for hydroxylation is 1. The number of benzene rings is 3. The molecule has 19 heteroatoms. The maximum absolute atomic E-state index is 14.1. The van der Waals surface area contributed by atoms with Gasteiger partial charge in [0, 0.05) is 24.9 Å². The Morgan fingerprint density at radius 2 is 1.66 bits per heavy atom. The predicted molar refractivity (Wildman–Crippen MR) is 201 cm³/mol. The van der Waals surface area contributed by atoms with Crippen LogP contribution in [0.15, 0.2) is 78.9 Å². The molecule has 0 saturated carbocycles. The molecule has 0 aliphatic heterocycles. The van der Waals surface area contributed by atoms with Crippen LogP contribution in [0.4, 0.5) is 0 Å². The molecular formula is C37H40ClN9O9. The maximum atomic E-state index is 14.1. The van der Waals surface area contributed by atoms with E-state index in [4.69, 9.17) is 16.3 Å². The molecule has 1 amide bonds. The molecule has 0 aliphatic rings. The van der Waals surface area contributed by atoms with E-state index in [0.717, 1.165) is 40.7 Å². The molecule has 18 nitrogen and oxygen atoms in total. The van der Waals surface area contributed by atoms with Gasteiger partial charge in [0.1, 0.15) is 30.3 Å². The predicted octanol–water partition coefficient (Wildman–Crippen LogP) is 5.61. The van der Waals surface area contributed by atoms with Gasteiger partial charge in [0.25, 0.3) is 16.1 Å². The van der Waals surface area contributed by atoms with Crippen LogP contribution < -0.4 is 5.32 Å². The van der Waals surface area contributed by atoms with E-state index in [9.17, 15) is 29.8 Å². The maximum Gasteiger partial charge on any atom is 0.328 e. The average molecular weight is 790 g/mol. The van der Waals surface area contributed by atoms with Crippen molar-refractivity contribution in [2.24, 2.45) is 0 Å². The molecular weight excluding hydrogens is 750 g/mol. The van der Waals surface area contributed by atoms with E-state index in [1.54, 1.807) is 4.57 Å². The molecule has 2 N–H and O–H groups in total. The molecule has 0 saturated heterocycles. The zero-order valence-electron chi connectivity index (χ0n) is 30.4. The second-order valence-electron chi connectivity index (χ2n) is 12.7. The van der Waals surface area contributed by atoms with Crippen LogP contribution in [0.1, 0.15) is 66.5 Å². The first-order chi connectivity index (χ1) is 27.1. The Hall–Kier alpha value is -6.43. The van der Waals surface area contributed by atoms with Gasteiger partial charge >= 0.3 is 5.97 Å². The number of aromatic nitrogens is 6. The Morgan fingerprint density at radius 1 is 0.929 bits per heavy atom. The van der Waals surface area contributed by atoms with E-state index >= 15 is 0 Å². The van der Waals surface area contributed by atoms with Crippen LogP contribution in [0.3, 0.4) is 0 Å². The lowest BCUT2D eigenvalue weighted by Gasteiger charge is -2.19. The van der Waals surface area contributed by atoms with Crippen molar-refractivity contribution in [1.82, 2.24) is 35.5 Å². The Kier molecular flexibility index (Phi) is 14.8. The number of aromatic amines is 1. The Balaban J connectivity index is 1.31. The number of rotatable bonds is 22. The van der Waals surface area contributed by atoms with Gasteiger partial charge in [-0.05, 0) is 58.4 Å². The second-order valence-corrected chi connectivity index (χ2v) is 13.1. The summed E-state index contributed by atoms with van der Waals surface area (Å²) in [5.41, 5.74) is 4.45. The molecule has 56 heavy (non-hydrogen) atoms. The Labute approximate surface area is 325 Å². The number of esters is 1. The fraction of sp³-hybridized carbons (Fsp3) is 0.351. The summed E-state index contributed by atoms with van der Waals surface area (Å²) in [6.45, 7) is 1.62. The first-order valence-corrected chi connectivity index (χ1v) is 18.3. The average Bonchev–Trinajstić information content (AvgIpc) is 3.84. The molecule has 3 aromatic carbocycles. The number of carbonyl (C=O) groups is 2. The van der Waals surface area contributed by atoms with Crippen LogP contribution >= 0.6 is 11.6 Å². The molecule has 0 bridgehead atoms. The third-order valence-electron chi connectivity index (χ3n) is 8.74. The van der Waals surface area contributed by atoms with Crippen molar-refractivity contribution in [2.45, 2.75) is 70.6 Å². The standard InChI is InChI=1S/C37H40ClN9O9/c1-2-3-16-32-40-34(38)33(45(32)23-26-17-19-27(20-18-26)29-14-7-8-15-30(29)35-41-43-44-42-35)36(48)39-31(22-25-11-5-4-6-12-25)37(49)54-21-10-9-13-28(56-47(52)53)24-55-46(50)51/h4-8,11-12,14-15,17-20,28,31H,2-3,9-10,13,16,21-24H2,1H3,(H,39,48)(H,41,42,43,44)/t28-,31?/m0/s1. The zero-order chi connectivity index (χ0) is 39.9. The smallest absolute Gasteiger partial charge is 0.328 e. The quantitative estimate of drug-likeness (QED) is 0.0376. The van der Waals surface area contributed by atoms with E-state index in [1.165, 1.54) is 0 Å². The van der Waals surface area contributed by atoms with Crippen LogP contribution in [-0.2, 0) is 38.6 Å². The highest BCUT2D eigenvalue weighted by Gasteiger charge is 2.28. The minimum Gasteiger partial charge on any atom is -0.464 e. The van der Waals surface area contributed by atoms with Crippen molar-refractivity contribution in [2.75, 3.05) is 13.2 Å². The van der Waals surface area contributed by atoms with Gasteiger partial charge in [-0.1, -0.05) is 104 Å². The number of unbranched alkanes of at least 4 members (excludes halogenated alkanes) is 2. The molecule has 1 unspecified atom stereocenters. The van der Waals surface area contributed by atoms with E-state index in [-0.39, 0.29) is 49.7 Å². The SMILES string of the molecule is CCCCc1nc(Cl)c(C(=O)NC(Cc2ccccc2)C(=O)OCCCC[C@@H](CO[N+](=O)[O-])O[N+](=O)[O-])n1Cc1ccc(-c2ccccc2-c2nnn[nH]2)cc1. The number of hydrogen-bond donors (Lipinski definition) is 2. The number of H-pyrrole nitrogens is 1. The molecule has 0 radical (unpaired) electrons. The number of ether oxygens (including phenoxy) is 1. The summed E-state index contributed by atoms with van der Waals surface area (Å²) in [6, 6.07) is 23.6. The highest BCUT2D eigenvalue weighted by Crippen LogP contribution is 2.30. The van der Waals surface area contributed by atoms with E-state index in [0.29, 0.717) is 18.1 Å². The van der Waals surface area contributed by atoms with Gasteiger partial charge in [-0.3, -0.25) is 4.79 Å². The number of carbonyl (C=O) groups excluding carboxylic acids is 2. The summed E-state index contributed by atoms with van der Waals surface area (Å²) in [7, 11) is 0. The molecule has 2 aromatic heterocycles. The minimum atomic E-state index is -1.18. The number of halogens is 1. The summed E-state index contributed by atoms with van der Waals surface area (Å²) in [5.74, 6) is -0.151. The van der Waals surface area contributed by atoms with Crippen LogP contribution in [0, 0.1) is 20.2 Å².